The molecule has 0 unspecified atom stereocenters. The first-order chi connectivity index (χ1) is 15.7. The molecule has 0 amide bonds. The van der Waals surface area contributed by atoms with Crippen LogP contribution in [0.5, 0.6) is 0 Å². The fourth-order valence-corrected chi connectivity index (χ4v) is 2.01. The topological polar surface area (TPSA) is 93.1 Å². The Bertz CT molecular complexity index is 731. The Kier molecular flexibility index (Phi) is 20.6. The van der Waals surface area contributed by atoms with Crippen molar-refractivity contribution in [1.29, 1.82) is 0 Å². The van der Waals surface area contributed by atoms with Gasteiger partial charge in [-0.1, -0.05) is 55.5 Å². The summed E-state index contributed by atoms with van der Waals surface area (Å²) < 4.78 is 0. The second kappa shape index (κ2) is 22.7. The zero-order chi connectivity index (χ0) is 23.7. The van der Waals surface area contributed by atoms with Gasteiger partial charge in [0.1, 0.15) is 6.67 Å². The van der Waals surface area contributed by atoms with E-state index in [1.165, 1.54) is 0 Å². The molecule has 0 bridgehead atoms. The van der Waals surface area contributed by atoms with Gasteiger partial charge >= 0.3 is 0 Å². The van der Waals surface area contributed by atoms with Crippen LogP contribution >= 0.6 is 0 Å². The summed E-state index contributed by atoms with van der Waals surface area (Å²) in [5.74, 6) is 0. The second-order valence-electron chi connectivity index (χ2n) is 6.36. The smallest absolute Gasteiger partial charge is 0.113 e. The maximum atomic E-state index is 8.78. The van der Waals surface area contributed by atoms with Crippen LogP contribution in [0.2, 0.25) is 0 Å². The molecule has 0 saturated heterocycles. The van der Waals surface area contributed by atoms with Crippen LogP contribution in [0, 0.1) is 0 Å². The van der Waals surface area contributed by atoms with Crippen LogP contribution < -0.4 is 0 Å². The van der Waals surface area contributed by atoms with Crippen molar-refractivity contribution in [2.75, 3.05) is 39.5 Å². The number of benzene rings is 2. The van der Waals surface area contributed by atoms with Crippen molar-refractivity contribution in [3.05, 3.63) is 86.0 Å². The van der Waals surface area contributed by atoms with Gasteiger partial charge in [0.05, 0.1) is 31.1 Å². The Hall–Kier alpha value is -3.00. The van der Waals surface area contributed by atoms with E-state index < -0.39 is 0 Å². The molecule has 0 aromatic heterocycles. The van der Waals surface area contributed by atoms with Crippen molar-refractivity contribution in [3.63, 3.8) is 0 Å². The standard InChI is InChI=1S/C11H17N3O2.C10H12N2.C4H8/c15-8-6-14(7-9-16)10-12-13-11-4-2-1-3-5-11;1-2-3-9-11-12-10-7-5-4-6-8-10;1-3-4-2/h1-5,15-16H,6-10H2;2,4-8H,1,3,9H2;3H,1,4H2,2H3. The van der Waals surface area contributed by atoms with Crippen LogP contribution in [0.3, 0.4) is 0 Å². The molecule has 0 saturated carbocycles. The maximum Gasteiger partial charge on any atom is 0.113 e. The van der Waals surface area contributed by atoms with E-state index >= 15 is 0 Å². The average Bonchev–Trinajstić information content (AvgIpc) is 2.84. The lowest BCUT2D eigenvalue weighted by Crippen LogP contribution is -2.29. The minimum absolute atomic E-state index is 0.0564. The van der Waals surface area contributed by atoms with Gasteiger partial charge in [-0.2, -0.15) is 20.5 Å². The van der Waals surface area contributed by atoms with Crippen LogP contribution in [-0.2, 0) is 0 Å². The number of rotatable bonds is 12. The van der Waals surface area contributed by atoms with Crippen LogP contribution in [0.25, 0.3) is 0 Å². The SMILES string of the molecule is C=CCC.C=CCCN=Nc1ccccc1.OCCN(CCO)CN=Nc1ccccc1. The normalized spacial score (nSPS) is 10.4. The fraction of sp³-hybridized carbons (Fsp3) is 0.360. The van der Waals surface area contributed by atoms with Crippen LogP contribution in [0.4, 0.5) is 11.4 Å². The quantitative estimate of drug-likeness (QED) is 0.243. The molecular weight excluding hydrogens is 402 g/mol. The van der Waals surface area contributed by atoms with Gasteiger partial charge in [0, 0.05) is 13.1 Å². The van der Waals surface area contributed by atoms with E-state index in [1.807, 2.05) is 77.7 Å². The summed E-state index contributed by atoms with van der Waals surface area (Å²) in [5, 5.41) is 33.6. The lowest BCUT2D eigenvalue weighted by Gasteiger charge is -2.16. The molecule has 7 heteroatoms. The van der Waals surface area contributed by atoms with Gasteiger partial charge in [-0.15, -0.1) is 13.2 Å². The highest BCUT2D eigenvalue weighted by molar-refractivity contribution is 5.35. The van der Waals surface area contributed by atoms with Gasteiger partial charge in [0.15, 0.2) is 0 Å². The summed E-state index contributed by atoms with van der Waals surface area (Å²) in [6, 6.07) is 19.2. The molecule has 32 heavy (non-hydrogen) atoms. The lowest BCUT2D eigenvalue weighted by molar-refractivity contribution is 0.163. The van der Waals surface area contributed by atoms with Crippen LogP contribution in [-0.4, -0.2) is 54.6 Å². The first-order valence-corrected chi connectivity index (χ1v) is 10.7. The van der Waals surface area contributed by atoms with Crippen molar-refractivity contribution < 1.29 is 10.2 Å². The number of azo groups is 2. The predicted octanol–water partition coefficient (Wildman–Crippen LogP) is 5.94. The summed E-state index contributed by atoms with van der Waals surface area (Å²) in [7, 11) is 0. The summed E-state index contributed by atoms with van der Waals surface area (Å²) in [4.78, 5) is 1.83. The summed E-state index contributed by atoms with van der Waals surface area (Å²) >= 11 is 0. The Morgan fingerprint density at radius 2 is 1.25 bits per heavy atom. The maximum absolute atomic E-state index is 8.78. The third-order valence-electron chi connectivity index (χ3n) is 3.70. The molecule has 2 aromatic carbocycles. The molecule has 2 aromatic rings. The average molecular weight is 440 g/mol. The number of aliphatic hydroxyl groups excluding tert-OH is 2. The van der Waals surface area contributed by atoms with E-state index in [0.717, 1.165) is 30.8 Å². The molecule has 0 aliphatic heterocycles. The second-order valence-corrected chi connectivity index (χ2v) is 6.36. The number of hydrogen-bond acceptors (Lipinski definition) is 7. The predicted molar refractivity (Wildman–Crippen MR) is 133 cm³/mol. The zero-order valence-electron chi connectivity index (χ0n) is 19.1. The van der Waals surface area contributed by atoms with Crippen LogP contribution in [0.15, 0.2) is 106 Å². The Morgan fingerprint density at radius 3 is 1.66 bits per heavy atom. The number of aliphatic hydroxyl groups is 2. The zero-order valence-corrected chi connectivity index (χ0v) is 19.1. The van der Waals surface area contributed by atoms with Crippen molar-refractivity contribution in [1.82, 2.24) is 4.90 Å². The van der Waals surface area contributed by atoms with Gasteiger partial charge in [0.25, 0.3) is 0 Å². The van der Waals surface area contributed by atoms with E-state index in [2.05, 4.69) is 40.5 Å². The van der Waals surface area contributed by atoms with Gasteiger partial charge < -0.3 is 10.2 Å². The highest BCUT2D eigenvalue weighted by Crippen LogP contribution is 2.10. The molecule has 0 spiro atoms. The van der Waals surface area contributed by atoms with Crippen molar-refractivity contribution >= 4 is 11.4 Å². The summed E-state index contributed by atoms with van der Waals surface area (Å²) in [6.07, 6.45) is 5.68. The largest absolute Gasteiger partial charge is 0.395 e. The molecule has 0 fully saturated rings. The molecule has 2 N–H and O–H groups in total. The molecule has 0 heterocycles. The Morgan fingerprint density at radius 1 is 0.781 bits per heavy atom. The Balaban J connectivity index is 0.000000529. The van der Waals surface area contributed by atoms with E-state index in [0.29, 0.717) is 19.8 Å². The molecule has 174 valence electrons. The monoisotopic (exact) mass is 439 g/mol. The molecule has 0 aliphatic rings. The van der Waals surface area contributed by atoms with Crippen LogP contribution in [0.1, 0.15) is 19.8 Å². The molecule has 0 atom stereocenters. The van der Waals surface area contributed by atoms with E-state index in [4.69, 9.17) is 10.2 Å². The molecule has 0 aliphatic carbocycles. The minimum Gasteiger partial charge on any atom is -0.395 e. The summed E-state index contributed by atoms with van der Waals surface area (Å²) in [6.45, 7) is 11.4. The van der Waals surface area contributed by atoms with E-state index in [1.54, 1.807) is 0 Å². The van der Waals surface area contributed by atoms with E-state index in [-0.39, 0.29) is 13.2 Å². The van der Waals surface area contributed by atoms with Gasteiger partial charge in [-0.05, 0) is 37.1 Å². The van der Waals surface area contributed by atoms with Crippen molar-refractivity contribution in [3.8, 4) is 0 Å². The first-order valence-electron chi connectivity index (χ1n) is 10.7. The number of nitrogens with zero attached hydrogens (tertiary/aromatic N) is 5. The molecule has 0 radical (unpaired) electrons. The van der Waals surface area contributed by atoms with Gasteiger partial charge in [0.2, 0.25) is 0 Å². The van der Waals surface area contributed by atoms with Gasteiger partial charge in [-0.25, -0.2) is 0 Å². The summed E-state index contributed by atoms with van der Waals surface area (Å²) in [5.41, 5.74) is 1.71. The highest BCUT2D eigenvalue weighted by atomic mass is 16.3. The lowest BCUT2D eigenvalue weighted by atomic mass is 10.3. The minimum atomic E-state index is 0.0564. The third-order valence-corrected chi connectivity index (χ3v) is 3.70. The fourth-order valence-electron chi connectivity index (χ4n) is 2.01. The van der Waals surface area contributed by atoms with Crippen molar-refractivity contribution in [2.24, 2.45) is 20.5 Å². The Labute approximate surface area is 192 Å². The molecule has 2 rings (SSSR count). The highest BCUT2D eigenvalue weighted by Gasteiger charge is 2.01. The van der Waals surface area contributed by atoms with Crippen molar-refractivity contribution in [2.45, 2.75) is 19.8 Å². The first kappa shape index (κ1) is 29.0. The van der Waals surface area contributed by atoms with Gasteiger partial charge in [-0.3, -0.25) is 4.90 Å². The molecular formula is C25H37N5O2. The third kappa shape index (κ3) is 17.8. The number of allylic oxidation sites excluding steroid dienone is 1. The molecule has 7 nitrogen and oxygen atoms in total. The number of hydrogen-bond donors (Lipinski definition) is 2. The van der Waals surface area contributed by atoms with E-state index in [9.17, 15) is 0 Å².